The van der Waals surface area contributed by atoms with Crippen LogP contribution in [0.5, 0.6) is 0 Å². The van der Waals surface area contributed by atoms with Crippen molar-refractivity contribution < 1.29 is 55.8 Å². The van der Waals surface area contributed by atoms with Crippen molar-refractivity contribution in [1.29, 1.82) is 0 Å². The molecule has 0 aliphatic rings. The van der Waals surface area contributed by atoms with E-state index >= 15 is 0 Å². The number of rotatable bonds is 10. The molecule has 0 spiro atoms. The number of amides is 2. The molecule has 26 heteroatoms. The van der Waals surface area contributed by atoms with Crippen LogP contribution < -0.4 is 39.1 Å². The average molecular weight is 1270 g/mol. The Kier molecular flexibility index (Phi) is 28.2. The number of methoxy groups -OCH3 is 1. The Morgan fingerprint density at radius 2 is 0.901 bits per heavy atom. The summed E-state index contributed by atoms with van der Waals surface area (Å²) >= 11 is 5.95. The number of aromatic nitrogens is 8. The van der Waals surface area contributed by atoms with E-state index < -0.39 is 35.6 Å². The third kappa shape index (κ3) is 20.2. The minimum Gasteiger partial charge on any atom is -1.00 e. The maximum absolute atomic E-state index is 12.1. The molecule has 0 radical (unpaired) electrons. The van der Waals surface area contributed by atoms with Crippen molar-refractivity contribution in [1.82, 2.24) is 39.9 Å². The first-order valence-corrected chi connectivity index (χ1v) is 28.7. The van der Waals surface area contributed by atoms with E-state index in [1.54, 1.807) is 78.6 Å². The summed E-state index contributed by atoms with van der Waals surface area (Å²) in [6.07, 6.45) is 6.34. The molecule has 2 amide bonds. The van der Waals surface area contributed by atoms with Crippen LogP contribution in [-0.4, -0.2) is 110 Å². The van der Waals surface area contributed by atoms with Crippen LogP contribution in [0.2, 0.25) is 0 Å². The summed E-state index contributed by atoms with van der Waals surface area (Å²) in [6, 6.07) is 0. The Bertz CT molecular complexity index is 3350. The van der Waals surface area contributed by atoms with Crippen molar-refractivity contribution in [3.63, 3.8) is 0 Å². The number of hydrogen-bond acceptors (Lipinski definition) is 22. The molecule has 20 nitrogen and oxygen atoms in total. The van der Waals surface area contributed by atoms with Crippen molar-refractivity contribution in [3.8, 4) is 0 Å². The van der Waals surface area contributed by atoms with Gasteiger partial charge < -0.3 is 59.3 Å². The molecule has 438 valence electrons. The van der Waals surface area contributed by atoms with Gasteiger partial charge in [-0.2, -0.15) is 13.8 Å². The summed E-state index contributed by atoms with van der Waals surface area (Å²) in [6.45, 7) is 34.2. The van der Waals surface area contributed by atoms with Crippen LogP contribution in [0.1, 0.15) is 162 Å². The number of ether oxygens (including phenoxy) is 3. The number of nitrogens with two attached hydrogens (primary N) is 2. The van der Waals surface area contributed by atoms with Crippen LogP contribution in [0.3, 0.4) is 0 Å². The molecular formula is C55H77BrMgN12O8S4. The molecule has 8 N–H and O–H groups in total. The molecular weight excluding hydrogens is 1190 g/mol. The fourth-order valence-electron chi connectivity index (χ4n) is 7.47. The number of anilines is 4. The third-order valence-corrected chi connectivity index (χ3v) is 14.3. The van der Waals surface area contributed by atoms with Crippen LogP contribution >= 0.6 is 45.3 Å². The first kappa shape index (κ1) is 72.2. The van der Waals surface area contributed by atoms with Gasteiger partial charge in [0.1, 0.15) is 52.6 Å². The van der Waals surface area contributed by atoms with Crippen molar-refractivity contribution in [2.75, 3.05) is 29.2 Å². The number of carbonyl (C=O) groups is 3. The van der Waals surface area contributed by atoms with Crippen LogP contribution in [0, 0.1) is 51.9 Å². The van der Waals surface area contributed by atoms with Gasteiger partial charge in [0, 0.05) is 23.8 Å². The van der Waals surface area contributed by atoms with E-state index in [4.69, 9.17) is 25.7 Å². The molecule has 0 aliphatic heterocycles. The Morgan fingerprint density at radius 1 is 0.580 bits per heavy atom. The minimum absolute atomic E-state index is 0. The molecule has 8 heterocycles. The van der Waals surface area contributed by atoms with Gasteiger partial charge >= 0.3 is 35.2 Å². The van der Waals surface area contributed by atoms with Crippen molar-refractivity contribution in [3.05, 3.63) is 73.5 Å². The predicted octanol–water partition coefficient (Wildman–Crippen LogP) is 10.2. The Hall–Kier alpha value is -4.90. The third-order valence-electron chi connectivity index (χ3n) is 10.7. The van der Waals surface area contributed by atoms with Crippen molar-refractivity contribution >= 4 is 151 Å². The van der Waals surface area contributed by atoms with Gasteiger partial charge in [-0.1, -0.05) is 86.9 Å². The standard InChI is InChI=1S/C16H23N3O3S.C13H15N3O3S.C12H17N3OS.C11H15N3OS.C3H7.BrH.Mg/c1-8(2)13(20)11-10(19-15(21)22-16(4,5)6)7-17-14-12(11)18-9(3)23-14;1-7-15-10-8(6-17)9(5-14-11(10)20-7)16-12(18)19-13(2,3)4;1-6(2)11(16-4)9-8(13)5-14-12-10(9)15-7(3)17-12;1-5(2)10(15)8-7(12)4-13-11-9(8)14-6(3)16-11;1-3-2;;/h7-8,13,20H,1-6H3,(H,19,21);5-6H,1-4H3,(H,16,18);5-6,11H,13H2,1-4H3;4-5,10,15H,12H2,1-3H3;3H,1-2H3;1H;/q;;;;-1;;+2/p-1. The summed E-state index contributed by atoms with van der Waals surface area (Å²) in [5.74, 6) is 0.423. The fourth-order valence-corrected chi connectivity index (χ4v) is 10.6. The summed E-state index contributed by atoms with van der Waals surface area (Å²) < 4.78 is 16.0. The smallest absolute Gasteiger partial charge is 1.00 e. The molecule has 0 aliphatic carbocycles. The van der Waals surface area contributed by atoms with Gasteiger partial charge in [-0.25, -0.2) is 49.5 Å². The van der Waals surface area contributed by atoms with E-state index in [1.165, 1.54) is 40.2 Å². The summed E-state index contributed by atoms with van der Waals surface area (Å²) in [4.78, 5) is 72.9. The number of fused-ring (bicyclic) bond motifs is 4. The largest absolute Gasteiger partial charge is 2.00 e. The van der Waals surface area contributed by atoms with Gasteiger partial charge in [-0.15, -0.1) is 0 Å². The normalized spacial score (nSPS) is 12.3. The van der Waals surface area contributed by atoms with Gasteiger partial charge in [0.05, 0.1) is 91.4 Å². The number of thiazole rings is 4. The molecule has 3 unspecified atom stereocenters. The maximum Gasteiger partial charge on any atom is 2.00 e. The number of nitrogens with one attached hydrogen (secondary N) is 2. The number of aryl methyl sites for hydroxylation is 4. The summed E-state index contributed by atoms with van der Waals surface area (Å²) in [5, 5.41) is 29.5. The summed E-state index contributed by atoms with van der Waals surface area (Å²) in [5.41, 5.74) is 17.9. The zero-order chi connectivity index (χ0) is 59.4. The SMILES string of the molecule is COC(c1c(N)cnc2sc(C)nc12)C(C)C.C[CH-]C.Cc1nc2c(C(O)C(C)C)c(N)cnc2s1.Cc1nc2c(C(O)C(C)C)c(NC(=O)OC(C)(C)C)cnc2s1.Cc1nc2c(C=O)c(NC(=O)OC(C)(C)C)cnc2s1.[Br-].[Mg+2]. The molecule has 0 bridgehead atoms. The first-order valence-electron chi connectivity index (χ1n) is 25.5. The number of nitrogen functional groups attached to an aromatic ring is 2. The van der Waals surface area contributed by atoms with E-state index in [0.29, 0.717) is 67.5 Å². The van der Waals surface area contributed by atoms with Gasteiger partial charge in [0.15, 0.2) is 6.29 Å². The molecule has 8 aromatic heterocycles. The quantitative estimate of drug-likeness (QED) is 0.0421. The summed E-state index contributed by atoms with van der Waals surface area (Å²) in [7, 11) is 1.70. The van der Waals surface area contributed by atoms with Gasteiger partial charge in [0.25, 0.3) is 0 Å². The molecule has 8 rings (SSSR count). The topological polar surface area (TPSA) is 299 Å². The van der Waals surface area contributed by atoms with E-state index in [-0.39, 0.29) is 58.0 Å². The zero-order valence-corrected chi connectivity index (χ0v) is 56.0. The maximum atomic E-state index is 12.1. The second-order valence-corrected chi connectivity index (χ2v) is 25.9. The fraction of sp³-hybridized carbons (Fsp3) is 0.491. The molecule has 3 atom stereocenters. The van der Waals surface area contributed by atoms with Crippen LogP contribution in [0.4, 0.5) is 32.3 Å². The van der Waals surface area contributed by atoms with E-state index in [0.717, 1.165) is 51.1 Å². The second-order valence-electron chi connectivity index (χ2n) is 21.2. The number of carbonyl (C=O) groups excluding carboxylic acids is 3. The Morgan fingerprint density at radius 3 is 1.27 bits per heavy atom. The monoisotopic (exact) mass is 1260 g/mol. The van der Waals surface area contributed by atoms with Crippen LogP contribution in [0.25, 0.3) is 41.4 Å². The van der Waals surface area contributed by atoms with E-state index in [9.17, 15) is 24.6 Å². The van der Waals surface area contributed by atoms with E-state index in [1.807, 2.05) is 75.7 Å². The number of aliphatic hydroxyl groups is 2. The first-order chi connectivity index (χ1) is 36.8. The van der Waals surface area contributed by atoms with Gasteiger partial charge in [-0.3, -0.25) is 15.4 Å². The number of aldehydes is 1. The average Bonchev–Trinajstić information content (AvgIpc) is 4.12. The van der Waals surface area contributed by atoms with E-state index in [2.05, 4.69) is 64.4 Å². The van der Waals surface area contributed by atoms with Gasteiger partial charge in [-0.05, 0) is 87.0 Å². The molecule has 0 saturated carbocycles. The number of hydrogen-bond donors (Lipinski definition) is 6. The second kappa shape index (κ2) is 31.7. The Balaban J connectivity index is 0.000000363. The Labute approximate surface area is 517 Å². The number of halogens is 1. The van der Waals surface area contributed by atoms with Crippen molar-refractivity contribution in [2.24, 2.45) is 17.8 Å². The molecule has 0 fully saturated rings. The van der Waals surface area contributed by atoms with Crippen LogP contribution in [-0.2, 0) is 14.2 Å². The molecule has 0 aromatic carbocycles. The molecule has 8 aromatic rings. The zero-order valence-electron chi connectivity index (χ0n) is 49.7. The molecule has 0 saturated heterocycles. The molecule has 81 heavy (non-hydrogen) atoms. The van der Waals surface area contributed by atoms with Crippen molar-refractivity contribution in [2.45, 2.75) is 154 Å². The number of nitrogens with zero attached hydrogens (tertiary/aromatic N) is 8. The van der Waals surface area contributed by atoms with Gasteiger partial charge in [0.2, 0.25) is 0 Å². The number of pyridine rings is 4. The number of aliphatic hydroxyl groups excluding tert-OH is 2. The predicted molar refractivity (Wildman–Crippen MR) is 328 cm³/mol. The minimum atomic E-state index is -0.757. The van der Waals surface area contributed by atoms with Crippen LogP contribution in [0.15, 0.2) is 24.8 Å².